The first kappa shape index (κ1) is 12.7. The minimum Gasteiger partial charge on any atom is -0.390 e. The van der Waals surface area contributed by atoms with Gasteiger partial charge in [-0.05, 0) is 30.5 Å². The van der Waals surface area contributed by atoms with E-state index in [2.05, 4.69) is 15.9 Å². The van der Waals surface area contributed by atoms with Gasteiger partial charge in [0.15, 0.2) is 0 Å². The summed E-state index contributed by atoms with van der Waals surface area (Å²) in [4.78, 5) is 0. The van der Waals surface area contributed by atoms with E-state index >= 15 is 0 Å². The lowest BCUT2D eigenvalue weighted by Gasteiger charge is -2.28. The predicted molar refractivity (Wildman–Crippen MR) is 63.3 cm³/mol. The highest BCUT2D eigenvalue weighted by molar-refractivity contribution is 9.10. The van der Waals surface area contributed by atoms with Crippen molar-refractivity contribution < 1.29 is 9.50 Å². The molecule has 15 heavy (non-hydrogen) atoms. The monoisotopic (exact) mass is 274 g/mol. The summed E-state index contributed by atoms with van der Waals surface area (Å²) in [5.74, 6) is -0.107. The smallest absolute Gasteiger partial charge is 0.124 e. The third-order valence-electron chi connectivity index (χ3n) is 2.81. The summed E-state index contributed by atoms with van der Waals surface area (Å²) < 4.78 is 13.6. The fourth-order valence-corrected chi connectivity index (χ4v) is 1.75. The molecule has 0 amide bonds. The van der Waals surface area contributed by atoms with Crippen LogP contribution in [0.25, 0.3) is 0 Å². The first-order valence-electron chi connectivity index (χ1n) is 4.99. The first-order valence-corrected chi connectivity index (χ1v) is 5.78. The molecule has 84 valence electrons. The second-order valence-electron chi connectivity index (χ2n) is 4.42. The predicted octanol–water partition coefficient (Wildman–Crippen LogP) is 3.54. The van der Waals surface area contributed by atoms with Crippen molar-refractivity contribution in [2.24, 2.45) is 5.92 Å². The molecule has 0 fully saturated rings. The summed E-state index contributed by atoms with van der Waals surface area (Å²) in [6, 6.07) is 4.54. The Labute approximate surface area is 98.4 Å². The van der Waals surface area contributed by atoms with E-state index in [1.54, 1.807) is 13.0 Å². The number of aliphatic hydroxyl groups is 1. The molecule has 0 aliphatic carbocycles. The minimum absolute atomic E-state index is 0.162. The average molecular weight is 275 g/mol. The second-order valence-corrected chi connectivity index (χ2v) is 5.28. The number of rotatable bonds is 3. The van der Waals surface area contributed by atoms with E-state index in [1.807, 2.05) is 13.8 Å². The molecular formula is C12H16BrFO. The Morgan fingerprint density at radius 2 is 2.07 bits per heavy atom. The Bertz CT molecular complexity index is 347. The van der Waals surface area contributed by atoms with Crippen molar-refractivity contribution in [2.75, 3.05) is 0 Å². The summed E-state index contributed by atoms with van der Waals surface area (Å²) in [7, 11) is 0. The molecule has 0 aliphatic rings. The van der Waals surface area contributed by atoms with E-state index < -0.39 is 5.60 Å². The van der Waals surface area contributed by atoms with Gasteiger partial charge in [0.25, 0.3) is 0 Å². The number of hydrogen-bond donors (Lipinski definition) is 1. The van der Waals surface area contributed by atoms with Gasteiger partial charge in [0.2, 0.25) is 0 Å². The first-order chi connectivity index (χ1) is 6.83. The second kappa shape index (κ2) is 4.62. The highest BCUT2D eigenvalue weighted by Crippen LogP contribution is 2.26. The fraction of sp³-hybridized carbons (Fsp3) is 0.500. The zero-order valence-corrected chi connectivity index (χ0v) is 10.8. The van der Waals surface area contributed by atoms with Gasteiger partial charge in [-0.15, -0.1) is 0 Å². The van der Waals surface area contributed by atoms with E-state index in [0.29, 0.717) is 10.9 Å². The molecule has 0 radical (unpaired) electrons. The van der Waals surface area contributed by atoms with Gasteiger partial charge in [0.05, 0.1) is 5.60 Å². The normalized spacial score (nSPS) is 15.4. The third-order valence-corrected chi connectivity index (χ3v) is 3.55. The maximum atomic E-state index is 12.8. The number of benzene rings is 1. The van der Waals surface area contributed by atoms with E-state index in [4.69, 9.17) is 0 Å². The van der Waals surface area contributed by atoms with Gasteiger partial charge in [0.1, 0.15) is 5.82 Å². The van der Waals surface area contributed by atoms with Crippen molar-refractivity contribution in [1.29, 1.82) is 0 Å². The van der Waals surface area contributed by atoms with Crippen molar-refractivity contribution in [3.8, 4) is 0 Å². The van der Waals surface area contributed by atoms with Crippen LogP contribution in [0.3, 0.4) is 0 Å². The SMILES string of the molecule is CC(C)C(C)(O)Cc1ccc(F)cc1Br. The van der Waals surface area contributed by atoms with Gasteiger partial charge < -0.3 is 5.11 Å². The van der Waals surface area contributed by atoms with Gasteiger partial charge in [-0.2, -0.15) is 0 Å². The van der Waals surface area contributed by atoms with Crippen LogP contribution in [-0.2, 0) is 6.42 Å². The maximum Gasteiger partial charge on any atom is 0.124 e. The minimum atomic E-state index is -0.764. The molecule has 0 bridgehead atoms. The lowest BCUT2D eigenvalue weighted by molar-refractivity contribution is 0.0138. The number of hydrogen-bond acceptors (Lipinski definition) is 1. The van der Waals surface area contributed by atoms with E-state index in [-0.39, 0.29) is 11.7 Å². The molecule has 0 saturated carbocycles. The van der Waals surface area contributed by atoms with Crippen molar-refractivity contribution in [2.45, 2.75) is 32.8 Å². The summed E-state index contributed by atoms with van der Waals surface area (Å²) in [5.41, 5.74) is 0.162. The average Bonchev–Trinajstić information content (AvgIpc) is 2.09. The van der Waals surface area contributed by atoms with E-state index in [1.165, 1.54) is 12.1 Å². The van der Waals surface area contributed by atoms with Gasteiger partial charge in [-0.25, -0.2) is 4.39 Å². The molecule has 3 heteroatoms. The van der Waals surface area contributed by atoms with Crippen molar-refractivity contribution in [3.63, 3.8) is 0 Å². The lowest BCUT2D eigenvalue weighted by atomic mass is 9.86. The Morgan fingerprint density at radius 3 is 2.53 bits per heavy atom. The summed E-state index contributed by atoms with van der Waals surface area (Å²) in [5, 5.41) is 10.1. The quantitative estimate of drug-likeness (QED) is 0.894. The van der Waals surface area contributed by atoms with Crippen LogP contribution in [0.1, 0.15) is 26.3 Å². The summed E-state index contributed by atoms with van der Waals surface area (Å²) in [6.07, 6.45) is 0.519. The molecule has 0 aliphatic heterocycles. The Kier molecular flexibility index (Phi) is 3.90. The summed E-state index contributed by atoms with van der Waals surface area (Å²) in [6.45, 7) is 5.74. The van der Waals surface area contributed by atoms with Crippen molar-refractivity contribution in [3.05, 3.63) is 34.1 Å². The van der Waals surface area contributed by atoms with Crippen LogP contribution in [0, 0.1) is 11.7 Å². The topological polar surface area (TPSA) is 20.2 Å². The molecule has 0 aromatic heterocycles. The van der Waals surface area contributed by atoms with Gasteiger partial charge in [-0.1, -0.05) is 35.8 Å². The highest BCUT2D eigenvalue weighted by atomic mass is 79.9. The lowest BCUT2D eigenvalue weighted by Crippen LogP contribution is -2.33. The van der Waals surface area contributed by atoms with Crippen LogP contribution in [0.2, 0.25) is 0 Å². The molecule has 0 saturated heterocycles. The van der Waals surface area contributed by atoms with Crippen LogP contribution in [-0.4, -0.2) is 10.7 Å². The zero-order chi connectivity index (χ0) is 11.6. The molecule has 1 atom stereocenters. The highest BCUT2D eigenvalue weighted by Gasteiger charge is 2.25. The molecule has 1 aromatic carbocycles. The molecular weight excluding hydrogens is 259 g/mol. The van der Waals surface area contributed by atoms with Gasteiger partial charge in [0, 0.05) is 10.9 Å². The Balaban J connectivity index is 2.90. The molecule has 1 rings (SSSR count). The summed E-state index contributed by atoms with van der Waals surface area (Å²) >= 11 is 3.30. The largest absolute Gasteiger partial charge is 0.390 e. The van der Waals surface area contributed by atoms with Crippen LogP contribution < -0.4 is 0 Å². The molecule has 0 heterocycles. The molecule has 1 nitrogen and oxygen atoms in total. The molecule has 1 unspecified atom stereocenters. The molecule has 1 aromatic rings. The molecule has 1 N–H and O–H groups in total. The standard InChI is InChI=1S/C12H16BrFO/c1-8(2)12(3,15)7-9-4-5-10(14)6-11(9)13/h4-6,8,15H,7H2,1-3H3. The third kappa shape index (κ3) is 3.28. The fourth-order valence-electron chi connectivity index (χ4n) is 1.25. The Hall–Kier alpha value is -0.410. The van der Waals surface area contributed by atoms with Crippen molar-refractivity contribution >= 4 is 15.9 Å². The molecule has 0 spiro atoms. The van der Waals surface area contributed by atoms with Gasteiger partial charge in [-0.3, -0.25) is 0 Å². The van der Waals surface area contributed by atoms with E-state index in [9.17, 15) is 9.50 Å². The number of halogens is 2. The van der Waals surface area contributed by atoms with Crippen LogP contribution in [0.15, 0.2) is 22.7 Å². The van der Waals surface area contributed by atoms with Crippen molar-refractivity contribution in [1.82, 2.24) is 0 Å². The van der Waals surface area contributed by atoms with E-state index in [0.717, 1.165) is 5.56 Å². The Morgan fingerprint density at radius 1 is 1.47 bits per heavy atom. The zero-order valence-electron chi connectivity index (χ0n) is 9.22. The van der Waals surface area contributed by atoms with Crippen LogP contribution >= 0.6 is 15.9 Å². The van der Waals surface area contributed by atoms with Crippen LogP contribution in [0.4, 0.5) is 4.39 Å². The van der Waals surface area contributed by atoms with Gasteiger partial charge >= 0.3 is 0 Å². The van der Waals surface area contributed by atoms with Crippen LogP contribution in [0.5, 0.6) is 0 Å². The maximum absolute atomic E-state index is 12.8.